The highest BCUT2D eigenvalue weighted by Gasteiger charge is 2.23. The van der Waals surface area contributed by atoms with Crippen molar-refractivity contribution in [2.45, 2.75) is 0 Å². The molecule has 0 atom stereocenters. The molecule has 0 saturated heterocycles. The van der Waals surface area contributed by atoms with Crippen LogP contribution in [-0.4, -0.2) is 0 Å². The number of hydrogen-bond donors (Lipinski definition) is 0. The Morgan fingerprint density at radius 1 is 0.706 bits per heavy atom. The van der Waals surface area contributed by atoms with Gasteiger partial charge in [-0.1, -0.05) is 6.07 Å². The van der Waals surface area contributed by atoms with Gasteiger partial charge in [-0.3, -0.25) is 0 Å². The molecule has 0 spiro atoms. The lowest BCUT2D eigenvalue weighted by Gasteiger charge is -2.22. The molecule has 2 aromatic carbocycles. The van der Waals surface area contributed by atoms with Gasteiger partial charge in [0.1, 0.15) is 0 Å². The highest BCUT2D eigenvalue weighted by molar-refractivity contribution is 9.13. The van der Waals surface area contributed by atoms with Crippen molar-refractivity contribution in [2.75, 3.05) is 0 Å². The molecule has 0 aromatic heterocycles. The highest BCUT2D eigenvalue weighted by Crippen LogP contribution is 2.52. The molecule has 1 aliphatic heterocycles. The molecular formula is C12H5Br3O2. The van der Waals surface area contributed by atoms with Crippen LogP contribution in [0.5, 0.6) is 23.0 Å². The quantitative estimate of drug-likeness (QED) is 0.452. The summed E-state index contributed by atoms with van der Waals surface area (Å²) in [6.07, 6.45) is 0. The molecular weight excluding hydrogens is 416 g/mol. The van der Waals surface area contributed by atoms with Gasteiger partial charge in [0.05, 0.1) is 8.95 Å². The van der Waals surface area contributed by atoms with Crippen LogP contribution < -0.4 is 9.47 Å². The summed E-state index contributed by atoms with van der Waals surface area (Å²) in [6.45, 7) is 0. The summed E-state index contributed by atoms with van der Waals surface area (Å²) in [7, 11) is 0. The predicted octanol–water partition coefficient (Wildman–Crippen LogP) is 5.87. The first kappa shape index (κ1) is 11.6. The Hall–Kier alpha value is -0.520. The molecule has 0 N–H and O–H groups in total. The lowest BCUT2D eigenvalue weighted by atomic mass is 10.2. The van der Waals surface area contributed by atoms with Crippen molar-refractivity contribution in [1.82, 2.24) is 0 Å². The number of fused-ring (bicyclic) bond motifs is 2. The van der Waals surface area contributed by atoms with Crippen LogP contribution in [0.1, 0.15) is 0 Å². The molecule has 2 aromatic rings. The summed E-state index contributed by atoms with van der Waals surface area (Å²) in [5.74, 6) is 2.78. The molecule has 1 heterocycles. The molecule has 0 bridgehead atoms. The monoisotopic (exact) mass is 418 g/mol. The minimum absolute atomic E-state index is 0.679. The van der Waals surface area contributed by atoms with Gasteiger partial charge in [0.15, 0.2) is 23.0 Å². The first-order valence-corrected chi connectivity index (χ1v) is 7.17. The first-order chi connectivity index (χ1) is 8.16. The van der Waals surface area contributed by atoms with Gasteiger partial charge in [0.2, 0.25) is 0 Å². The maximum absolute atomic E-state index is 5.87. The van der Waals surface area contributed by atoms with E-state index in [0.717, 1.165) is 13.4 Å². The average Bonchev–Trinajstić information content (AvgIpc) is 2.33. The lowest BCUT2D eigenvalue weighted by molar-refractivity contribution is 0.355. The van der Waals surface area contributed by atoms with Crippen molar-refractivity contribution >= 4 is 47.8 Å². The molecule has 0 unspecified atom stereocenters. The van der Waals surface area contributed by atoms with Crippen LogP contribution in [0.25, 0.3) is 0 Å². The molecule has 5 heteroatoms. The van der Waals surface area contributed by atoms with E-state index in [4.69, 9.17) is 9.47 Å². The molecule has 0 radical (unpaired) electrons. The minimum Gasteiger partial charge on any atom is -0.449 e. The maximum atomic E-state index is 5.87. The third-order valence-corrected chi connectivity index (χ3v) is 4.97. The minimum atomic E-state index is 0.679. The van der Waals surface area contributed by atoms with Crippen molar-refractivity contribution in [3.63, 3.8) is 0 Å². The van der Waals surface area contributed by atoms with Crippen molar-refractivity contribution in [3.8, 4) is 23.0 Å². The summed E-state index contributed by atoms with van der Waals surface area (Å²) < 4.78 is 14.3. The van der Waals surface area contributed by atoms with Crippen LogP contribution >= 0.6 is 47.8 Å². The van der Waals surface area contributed by atoms with Crippen LogP contribution in [0.4, 0.5) is 0 Å². The second-order valence-electron chi connectivity index (χ2n) is 3.46. The number of para-hydroxylation sites is 1. The summed E-state index contributed by atoms with van der Waals surface area (Å²) in [4.78, 5) is 0. The third kappa shape index (κ3) is 1.90. The smallest absolute Gasteiger partial charge is 0.185 e. The van der Waals surface area contributed by atoms with Crippen molar-refractivity contribution < 1.29 is 9.47 Å². The van der Waals surface area contributed by atoms with Crippen molar-refractivity contribution in [2.24, 2.45) is 0 Å². The van der Waals surface area contributed by atoms with E-state index in [0.29, 0.717) is 23.0 Å². The summed E-state index contributed by atoms with van der Waals surface area (Å²) >= 11 is 10.4. The molecule has 17 heavy (non-hydrogen) atoms. The highest BCUT2D eigenvalue weighted by atomic mass is 79.9. The van der Waals surface area contributed by atoms with Crippen LogP contribution in [0, 0.1) is 0 Å². The zero-order valence-electron chi connectivity index (χ0n) is 8.34. The van der Waals surface area contributed by atoms with Gasteiger partial charge >= 0.3 is 0 Å². The van der Waals surface area contributed by atoms with Crippen LogP contribution in [0.2, 0.25) is 0 Å². The van der Waals surface area contributed by atoms with Crippen molar-refractivity contribution in [3.05, 3.63) is 43.7 Å². The molecule has 1 aliphatic rings. The Balaban J connectivity index is 2.18. The van der Waals surface area contributed by atoms with Gasteiger partial charge < -0.3 is 9.47 Å². The van der Waals surface area contributed by atoms with E-state index in [-0.39, 0.29) is 0 Å². The number of hydrogen-bond acceptors (Lipinski definition) is 2. The van der Waals surface area contributed by atoms with E-state index in [9.17, 15) is 0 Å². The molecule has 0 fully saturated rings. The van der Waals surface area contributed by atoms with E-state index in [1.165, 1.54) is 0 Å². The molecule has 0 aliphatic carbocycles. The van der Waals surface area contributed by atoms with E-state index in [1.54, 1.807) is 0 Å². The zero-order valence-corrected chi connectivity index (χ0v) is 13.1. The fraction of sp³-hybridized carbons (Fsp3) is 0. The first-order valence-electron chi connectivity index (χ1n) is 4.79. The largest absolute Gasteiger partial charge is 0.449 e. The standard InChI is InChI=1S/C12H5Br3O2/c13-6-4-5-9-12(10(6)15)17-11-7(14)2-1-3-8(11)16-9/h1-5H. The molecule has 86 valence electrons. The Kier molecular flexibility index (Phi) is 2.92. The summed E-state index contributed by atoms with van der Waals surface area (Å²) in [6, 6.07) is 9.48. The van der Waals surface area contributed by atoms with Gasteiger partial charge in [-0.05, 0) is 72.1 Å². The predicted molar refractivity (Wildman–Crippen MR) is 76.1 cm³/mol. The molecule has 0 saturated carbocycles. The topological polar surface area (TPSA) is 18.5 Å². The summed E-state index contributed by atoms with van der Waals surface area (Å²) in [5.41, 5.74) is 0. The van der Waals surface area contributed by atoms with Crippen LogP contribution in [0.3, 0.4) is 0 Å². The Morgan fingerprint density at radius 2 is 1.47 bits per heavy atom. The third-order valence-electron chi connectivity index (χ3n) is 2.37. The van der Waals surface area contributed by atoms with E-state index < -0.39 is 0 Å². The molecule has 2 nitrogen and oxygen atoms in total. The van der Waals surface area contributed by atoms with Gasteiger partial charge in [-0.15, -0.1) is 0 Å². The maximum Gasteiger partial charge on any atom is 0.185 e. The van der Waals surface area contributed by atoms with Gasteiger partial charge in [-0.2, -0.15) is 0 Å². The molecule has 0 amide bonds. The van der Waals surface area contributed by atoms with Crippen LogP contribution in [0.15, 0.2) is 43.7 Å². The van der Waals surface area contributed by atoms with Gasteiger partial charge in [0.25, 0.3) is 0 Å². The van der Waals surface area contributed by atoms with Gasteiger partial charge in [-0.25, -0.2) is 0 Å². The Morgan fingerprint density at radius 3 is 2.29 bits per heavy atom. The SMILES string of the molecule is Brc1ccc2c(c1Br)Oc1c(Br)cccc1O2. The fourth-order valence-electron chi connectivity index (χ4n) is 1.58. The Bertz CT molecular complexity index is 611. The normalized spacial score (nSPS) is 12.2. The number of halogens is 3. The second kappa shape index (κ2) is 4.30. The van der Waals surface area contributed by atoms with Crippen LogP contribution in [-0.2, 0) is 0 Å². The zero-order chi connectivity index (χ0) is 12.0. The number of ether oxygens (including phenoxy) is 2. The second-order valence-corrected chi connectivity index (χ2v) is 5.96. The lowest BCUT2D eigenvalue weighted by Crippen LogP contribution is -2.00. The van der Waals surface area contributed by atoms with E-state index >= 15 is 0 Å². The summed E-state index contributed by atoms with van der Waals surface area (Å²) in [5, 5.41) is 0. The number of benzene rings is 2. The van der Waals surface area contributed by atoms with E-state index in [2.05, 4.69) is 47.8 Å². The van der Waals surface area contributed by atoms with E-state index in [1.807, 2.05) is 30.3 Å². The molecule has 3 rings (SSSR count). The Labute approximate surface area is 123 Å². The van der Waals surface area contributed by atoms with Crippen molar-refractivity contribution in [1.29, 1.82) is 0 Å². The average molecular weight is 421 g/mol. The van der Waals surface area contributed by atoms with Gasteiger partial charge in [0, 0.05) is 4.47 Å². The number of rotatable bonds is 0. The fourth-order valence-corrected chi connectivity index (χ4v) is 2.73.